The number of halogens is 4. The van der Waals surface area contributed by atoms with Crippen molar-refractivity contribution >= 4 is 21.9 Å². The van der Waals surface area contributed by atoms with Crippen LogP contribution in [-0.2, 0) is 4.74 Å². The predicted molar refractivity (Wildman–Crippen MR) is 50.5 cm³/mol. The van der Waals surface area contributed by atoms with E-state index < -0.39 is 18.8 Å². The molecule has 0 amide bonds. The molecule has 0 bridgehead atoms. The first-order chi connectivity index (χ1) is 6.88. The summed E-state index contributed by atoms with van der Waals surface area (Å²) in [6.07, 6.45) is -4.50. The molecule has 0 aliphatic heterocycles. The third kappa shape index (κ3) is 4.33. The summed E-state index contributed by atoms with van der Waals surface area (Å²) in [5, 5.41) is 0. The lowest BCUT2D eigenvalue weighted by Crippen LogP contribution is -2.20. The van der Waals surface area contributed by atoms with Crippen LogP contribution in [0.3, 0.4) is 0 Å². The van der Waals surface area contributed by atoms with Crippen molar-refractivity contribution in [1.29, 1.82) is 0 Å². The van der Waals surface area contributed by atoms with Crippen LogP contribution in [0.4, 0.5) is 13.2 Å². The van der Waals surface area contributed by atoms with Gasteiger partial charge in [0.15, 0.2) is 6.61 Å². The minimum atomic E-state index is -4.50. The highest BCUT2D eigenvalue weighted by molar-refractivity contribution is 9.10. The SMILES string of the molecule is O=C(OCC(F)(F)F)c1cccc(Br)c1. The summed E-state index contributed by atoms with van der Waals surface area (Å²) in [7, 11) is 0. The number of ether oxygens (including phenoxy) is 1. The fourth-order valence-electron chi connectivity index (χ4n) is 0.846. The van der Waals surface area contributed by atoms with E-state index in [0.717, 1.165) is 0 Å². The Labute approximate surface area is 92.2 Å². The Morgan fingerprint density at radius 2 is 2.07 bits per heavy atom. The molecular formula is C9H6BrF3O2. The van der Waals surface area contributed by atoms with E-state index in [0.29, 0.717) is 4.47 Å². The first-order valence-corrected chi connectivity index (χ1v) is 4.67. The van der Waals surface area contributed by atoms with E-state index in [4.69, 9.17) is 0 Å². The fraction of sp³-hybridized carbons (Fsp3) is 0.222. The van der Waals surface area contributed by atoms with Crippen molar-refractivity contribution < 1.29 is 22.7 Å². The molecule has 0 fully saturated rings. The molecule has 0 aliphatic carbocycles. The van der Waals surface area contributed by atoms with Crippen LogP contribution in [0, 0.1) is 0 Å². The number of carbonyl (C=O) groups is 1. The molecule has 0 aliphatic rings. The standard InChI is InChI=1S/C9H6BrF3O2/c10-7-3-1-2-6(4-7)8(14)15-5-9(11,12)13/h1-4H,5H2. The van der Waals surface area contributed by atoms with Crippen LogP contribution >= 0.6 is 15.9 Å². The molecule has 15 heavy (non-hydrogen) atoms. The van der Waals surface area contributed by atoms with Crippen molar-refractivity contribution in [2.45, 2.75) is 6.18 Å². The van der Waals surface area contributed by atoms with Gasteiger partial charge >= 0.3 is 12.1 Å². The van der Waals surface area contributed by atoms with Gasteiger partial charge in [0.25, 0.3) is 0 Å². The normalized spacial score (nSPS) is 11.2. The van der Waals surface area contributed by atoms with Gasteiger partial charge in [-0.15, -0.1) is 0 Å². The van der Waals surface area contributed by atoms with Gasteiger partial charge < -0.3 is 4.74 Å². The van der Waals surface area contributed by atoms with Crippen LogP contribution in [-0.4, -0.2) is 18.8 Å². The molecule has 0 radical (unpaired) electrons. The Hall–Kier alpha value is -1.04. The first-order valence-electron chi connectivity index (χ1n) is 3.88. The summed E-state index contributed by atoms with van der Waals surface area (Å²) in [5.74, 6) is -0.992. The number of hydrogen-bond donors (Lipinski definition) is 0. The van der Waals surface area contributed by atoms with Crippen LogP contribution in [0.2, 0.25) is 0 Å². The molecular weight excluding hydrogens is 277 g/mol. The smallest absolute Gasteiger partial charge is 0.422 e. The largest absolute Gasteiger partial charge is 0.452 e. The average molecular weight is 283 g/mol. The Balaban J connectivity index is 2.62. The number of alkyl halides is 3. The lowest BCUT2D eigenvalue weighted by Gasteiger charge is -2.07. The third-order valence-corrected chi connectivity index (χ3v) is 1.92. The van der Waals surface area contributed by atoms with E-state index in [1.807, 2.05) is 0 Å². The maximum absolute atomic E-state index is 11.7. The van der Waals surface area contributed by atoms with Crippen LogP contribution in [0.1, 0.15) is 10.4 Å². The van der Waals surface area contributed by atoms with Gasteiger partial charge in [-0.25, -0.2) is 4.79 Å². The Kier molecular flexibility index (Phi) is 3.73. The monoisotopic (exact) mass is 282 g/mol. The average Bonchev–Trinajstić information content (AvgIpc) is 2.13. The summed E-state index contributed by atoms with van der Waals surface area (Å²) in [6.45, 7) is -1.57. The van der Waals surface area contributed by atoms with Gasteiger partial charge in [-0.2, -0.15) is 13.2 Å². The molecule has 0 aromatic heterocycles. The molecule has 1 rings (SSSR count). The van der Waals surface area contributed by atoms with Crippen LogP contribution in [0.5, 0.6) is 0 Å². The molecule has 0 unspecified atom stereocenters. The number of rotatable bonds is 2. The summed E-state index contributed by atoms with van der Waals surface area (Å²) in [6, 6.07) is 5.96. The molecule has 0 heterocycles. The van der Waals surface area contributed by atoms with Crippen molar-refractivity contribution in [3.63, 3.8) is 0 Å². The molecule has 0 saturated heterocycles. The summed E-state index contributed by atoms with van der Waals surface area (Å²) < 4.78 is 39.8. The molecule has 1 aromatic carbocycles. The zero-order chi connectivity index (χ0) is 11.5. The molecule has 1 aromatic rings. The van der Waals surface area contributed by atoms with Gasteiger partial charge in [0.05, 0.1) is 5.56 Å². The highest BCUT2D eigenvalue weighted by atomic mass is 79.9. The predicted octanol–water partition coefficient (Wildman–Crippen LogP) is 3.17. The Bertz CT molecular complexity index is 363. The van der Waals surface area contributed by atoms with Crippen molar-refractivity contribution in [2.24, 2.45) is 0 Å². The summed E-state index contributed by atoms with van der Waals surface area (Å²) in [5.41, 5.74) is 0.0774. The number of hydrogen-bond acceptors (Lipinski definition) is 2. The summed E-state index contributed by atoms with van der Waals surface area (Å²) in [4.78, 5) is 11.1. The lowest BCUT2D eigenvalue weighted by atomic mass is 10.2. The first kappa shape index (κ1) is 12.0. The molecule has 0 N–H and O–H groups in total. The second kappa shape index (κ2) is 4.65. The quantitative estimate of drug-likeness (QED) is 0.779. The van der Waals surface area contributed by atoms with Gasteiger partial charge in [0.1, 0.15) is 0 Å². The minimum Gasteiger partial charge on any atom is -0.452 e. The molecule has 2 nitrogen and oxygen atoms in total. The second-order valence-electron chi connectivity index (χ2n) is 2.70. The number of esters is 1. The van der Waals surface area contributed by atoms with Gasteiger partial charge in [-0.1, -0.05) is 22.0 Å². The van der Waals surface area contributed by atoms with Gasteiger partial charge in [0, 0.05) is 4.47 Å². The third-order valence-electron chi connectivity index (χ3n) is 1.43. The van der Waals surface area contributed by atoms with Crippen molar-refractivity contribution in [2.75, 3.05) is 6.61 Å². The second-order valence-corrected chi connectivity index (χ2v) is 3.62. The lowest BCUT2D eigenvalue weighted by molar-refractivity contribution is -0.161. The van der Waals surface area contributed by atoms with Gasteiger partial charge in [-0.05, 0) is 18.2 Å². The molecule has 6 heteroatoms. The zero-order valence-electron chi connectivity index (χ0n) is 7.34. The van der Waals surface area contributed by atoms with E-state index >= 15 is 0 Å². The van der Waals surface area contributed by atoms with Crippen molar-refractivity contribution in [3.05, 3.63) is 34.3 Å². The highest BCUT2D eigenvalue weighted by Gasteiger charge is 2.29. The van der Waals surface area contributed by atoms with E-state index in [1.165, 1.54) is 18.2 Å². The molecule has 0 atom stereocenters. The van der Waals surface area contributed by atoms with E-state index in [-0.39, 0.29) is 5.56 Å². The highest BCUT2D eigenvalue weighted by Crippen LogP contribution is 2.17. The van der Waals surface area contributed by atoms with Gasteiger partial charge in [-0.3, -0.25) is 0 Å². The fourth-order valence-corrected chi connectivity index (χ4v) is 1.25. The molecule has 0 spiro atoms. The van der Waals surface area contributed by atoms with Crippen LogP contribution in [0.25, 0.3) is 0 Å². The Morgan fingerprint density at radius 3 is 2.60 bits per heavy atom. The molecule has 0 saturated carbocycles. The van der Waals surface area contributed by atoms with Crippen molar-refractivity contribution in [3.8, 4) is 0 Å². The maximum atomic E-state index is 11.7. The van der Waals surface area contributed by atoms with E-state index in [9.17, 15) is 18.0 Å². The van der Waals surface area contributed by atoms with Crippen LogP contribution < -0.4 is 0 Å². The topological polar surface area (TPSA) is 26.3 Å². The number of carbonyl (C=O) groups excluding carboxylic acids is 1. The maximum Gasteiger partial charge on any atom is 0.422 e. The zero-order valence-corrected chi connectivity index (χ0v) is 8.93. The summed E-state index contributed by atoms with van der Waals surface area (Å²) >= 11 is 3.09. The van der Waals surface area contributed by atoms with E-state index in [1.54, 1.807) is 6.07 Å². The van der Waals surface area contributed by atoms with Crippen LogP contribution in [0.15, 0.2) is 28.7 Å². The van der Waals surface area contributed by atoms with Gasteiger partial charge in [0.2, 0.25) is 0 Å². The van der Waals surface area contributed by atoms with E-state index in [2.05, 4.69) is 20.7 Å². The Morgan fingerprint density at radius 1 is 1.40 bits per heavy atom. The van der Waals surface area contributed by atoms with Crippen molar-refractivity contribution in [1.82, 2.24) is 0 Å². The molecule has 82 valence electrons. The number of benzene rings is 1. The minimum absolute atomic E-state index is 0.0774.